The molecule has 0 aromatic heterocycles. The molecule has 21 heteroatoms. The predicted octanol–water partition coefficient (Wildman–Crippen LogP) is 5.17. The number of hydrogen-bond donors (Lipinski definition) is 6. The van der Waals surface area contributed by atoms with Crippen LogP contribution < -0.4 is 128 Å². The number of unbranched alkanes of at least 4 members (excludes halogenated alkanes) is 15. The van der Waals surface area contributed by atoms with E-state index in [0.717, 1.165) is 69.3 Å². The van der Waals surface area contributed by atoms with E-state index in [0.29, 0.717) is 29.7 Å². The second-order valence-electron chi connectivity index (χ2n) is 21.1. The van der Waals surface area contributed by atoms with E-state index in [1.807, 2.05) is 103 Å². The van der Waals surface area contributed by atoms with Gasteiger partial charge in [-0.05, 0) is 45.1 Å². The van der Waals surface area contributed by atoms with Crippen LogP contribution in [0.15, 0.2) is 170 Å². The number of carbonyl (C=O) groups is 3. The van der Waals surface area contributed by atoms with Crippen molar-refractivity contribution in [3.05, 3.63) is 221 Å². The Morgan fingerprint density at radius 1 is 0.490 bits per heavy atom. The fourth-order valence-electron chi connectivity index (χ4n) is 7.92. The van der Waals surface area contributed by atoms with Gasteiger partial charge in [0, 0.05) is 28.9 Å². The first-order chi connectivity index (χ1) is 44.7. The molecular weight excluding hydrogens is 1340 g/mol. The zero-order chi connectivity index (χ0) is 70.8. The number of aliphatic hydroxyl groups is 4. The Bertz CT molecular complexity index is 2650. The summed E-state index contributed by atoms with van der Waals surface area (Å²) in [5.74, 6) is -1.59. The maximum atomic E-state index is 12.3. The van der Waals surface area contributed by atoms with Crippen LogP contribution in [0.25, 0.3) is 0 Å². The van der Waals surface area contributed by atoms with Gasteiger partial charge in [-0.3, -0.25) is 14.4 Å². The maximum absolute atomic E-state index is 12.3. The molecule has 0 radical (unpaired) electrons. The van der Waals surface area contributed by atoms with Gasteiger partial charge in [0.25, 0.3) is 5.97 Å². The van der Waals surface area contributed by atoms with Gasteiger partial charge in [-0.25, -0.2) is 6.61 Å². The number of benzene rings is 6. The van der Waals surface area contributed by atoms with Gasteiger partial charge in [0.05, 0.1) is 33.7 Å². The second-order valence-corrected chi connectivity index (χ2v) is 23.1. The number of phosphoric acid groups is 1. The molecule has 2 atom stereocenters. The molecule has 0 fully saturated rings. The van der Waals surface area contributed by atoms with Crippen molar-refractivity contribution >= 4 is 48.6 Å². The van der Waals surface area contributed by atoms with Crippen LogP contribution in [0.3, 0.4) is 0 Å². The van der Waals surface area contributed by atoms with Gasteiger partial charge in [-0.2, -0.15) is 0 Å². The Balaban J connectivity index is -0.000000135. The number of rotatable bonds is 31. The molecule has 0 bridgehead atoms. The third-order valence-corrected chi connectivity index (χ3v) is 13.5. The van der Waals surface area contributed by atoms with Crippen LogP contribution >= 0.6 is 31.0 Å². The second kappa shape index (κ2) is 83.6. The van der Waals surface area contributed by atoms with E-state index in [2.05, 4.69) is 104 Å². The Labute approximate surface area is 688 Å². The summed E-state index contributed by atoms with van der Waals surface area (Å²) in [6.45, 7) is 14.8. The molecular formula is C77H109Cl2Na4O14P. The van der Waals surface area contributed by atoms with Crippen LogP contribution in [0, 0.1) is 59.0 Å². The number of halogens is 2. The molecule has 0 saturated heterocycles. The van der Waals surface area contributed by atoms with Crippen molar-refractivity contribution in [2.24, 2.45) is 5.92 Å². The van der Waals surface area contributed by atoms with Gasteiger partial charge >= 0.3 is 118 Å². The molecule has 7 N–H and O–H groups in total. The third-order valence-electron chi connectivity index (χ3n) is 13.1. The van der Waals surface area contributed by atoms with E-state index in [4.69, 9.17) is 72.7 Å². The summed E-state index contributed by atoms with van der Waals surface area (Å²) in [7, 11) is -5.14. The molecule has 2 unspecified atom stereocenters. The van der Waals surface area contributed by atoms with E-state index in [1.165, 1.54) is 93.7 Å². The van der Waals surface area contributed by atoms with Gasteiger partial charge in [0.1, 0.15) is 4.84 Å². The number of carboxylic acids is 1. The largest absolute Gasteiger partial charge is 1.00 e. The van der Waals surface area contributed by atoms with Crippen LogP contribution in [0.5, 0.6) is 0 Å². The molecule has 524 valence electrons. The number of alkyl halides is 2. The van der Waals surface area contributed by atoms with E-state index in [-0.39, 0.29) is 148 Å². The zero-order valence-corrected chi connectivity index (χ0v) is 70.9. The topological polar surface area (TPSA) is 275 Å². The molecule has 0 aliphatic rings. The standard InChI is InChI=1S/C19H37O3.C14H10Cl2O.C13H10O.C8H10.C7H8.2C6H14O2.2C2H2.4Na.H3O4P.H2O/c1-2-3-4-5-6-7-8-9-10-11-12-13-14-15-16-18(17-20)19(21)22;15-14(16)12-9-5-4-8-11(12)13(17)10-6-2-1-3-7-10;14-13(11-7-3-1-4-8-11)12-9-5-2-6-10-12;1-7-3-5-8(2)6-4-7;1-7-5-3-2-4-6-7;1-2-3-5-8-6-4-7;1-2-3-4-6(8)5-7;2*1-2;;;;;1-5(2,3)4;/h17-18,20H,2-16H2,1H3,(H,21,22);1-9,14H;1-10H;3-6H,1-2H3;2-6H,1H3;7H,2-6H2,1H3;6-8H,2-5H2,1H3;2*1-2H;;;;;(H3,1,2,3,4);1H2/q-1;;;;;;;;;4*+1;;/p-3. The maximum Gasteiger partial charge on any atom is 1.00 e. The number of terminal acetylenes is 2. The minimum absolute atomic E-state index is 0. The zero-order valence-electron chi connectivity index (χ0n) is 60.4. The number of carboxylic acid groups (broad SMARTS) is 1. The van der Waals surface area contributed by atoms with Crippen molar-refractivity contribution in [2.45, 2.75) is 181 Å². The van der Waals surface area contributed by atoms with Crippen LogP contribution in [0.4, 0.5) is 0 Å². The van der Waals surface area contributed by atoms with Crippen molar-refractivity contribution in [1.29, 1.82) is 0 Å². The first-order valence-electron chi connectivity index (χ1n) is 32.0. The summed E-state index contributed by atoms with van der Waals surface area (Å²) in [6, 6.07) is 53.5. The Hall–Kier alpha value is -2.30. The number of carbonyl (C=O) groups excluding carboxylic acids is 2. The molecule has 98 heavy (non-hydrogen) atoms. The average Bonchev–Trinajstić information content (AvgIpc) is 0.851. The summed E-state index contributed by atoms with van der Waals surface area (Å²) >= 11 is 11.7. The fraction of sp³-hybridized carbons (Fsp3) is 0.429. The van der Waals surface area contributed by atoms with Gasteiger partial charge in [0.15, 0.2) is 11.6 Å². The molecule has 0 aliphatic heterocycles. The summed E-state index contributed by atoms with van der Waals surface area (Å²) < 4.78 is 13.6. The first kappa shape index (κ1) is 114. The van der Waals surface area contributed by atoms with Crippen molar-refractivity contribution in [3.8, 4) is 25.7 Å². The minimum Gasteiger partial charge on any atom is -0.870 e. The molecule has 6 aromatic rings. The number of aliphatic hydroxyl groups excluding tert-OH is 4. The average molecular weight is 1450 g/mol. The predicted molar refractivity (Wildman–Crippen MR) is 383 cm³/mol. The van der Waals surface area contributed by atoms with Crippen LogP contribution in [0.2, 0.25) is 0 Å². The third kappa shape index (κ3) is 74.9. The number of aryl methyl sites for hydroxylation is 3. The molecule has 0 spiro atoms. The van der Waals surface area contributed by atoms with Crippen LogP contribution in [-0.4, -0.2) is 86.0 Å². The van der Waals surface area contributed by atoms with Gasteiger partial charge < -0.3 is 55.0 Å². The molecule has 0 amide bonds. The molecule has 6 rings (SSSR count). The van der Waals surface area contributed by atoms with Crippen molar-refractivity contribution in [1.82, 2.24) is 0 Å². The number of ether oxygens (including phenoxy) is 1. The van der Waals surface area contributed by atoms with Crippen molar-refractivity contribution in [3.63, 3.8) is 0 Å². The van der Waals surface area contributed by atoms with Crippen molar-refractivity contribution in [2.75, 3.05) is 26.4 Å². The summed E-state index contributed by atoms with van der Waals surface area (Å²) in [6.07, 6.45) is 39.3. The summed E-state index contributed by atoms with van der Waals surface area (Å²) in [4.78, 5) is 58.4. The minimum atomic E-state index is -5.14. The normalized spacial score (nSPS) is 9.96. The molecule has 6 aromatic carbocycles. The summed E-state index contributed by atoms with van der Waals surface area (Å²) in [5.41, 5.74) is 7.28. The Morgan fingerprint density at radius 2 is 0.806 bits per heavy atom. The SMILES string of the molecule is C#C.C#C.CCCCC(O)CO.CCCCCCCCCCCCCCCCC([CH-]O)C(=O)O.CCCCOCCO.Cc1ccc(C)cc1.Cc1ccccc1.O=C(c1ccccc1)c1ccccc1.O=C(c1ccccc1)c1ccccc1C(Cl)Cl.O=P([O-])([O-])O.[Na+].[Na+].[Na+].[Na+].[OH-]. The van der Waals surface area contributed by atoms with Gasteiger partial charge in [-0.1, -0.05) is 323 Å². The van der Waals surface area contributed by atoms with E-state index < -0.39 is 30.7 Å². The Kier molecular flexibility index (Phi) is 97.5. The molecule has 0 aliphatic carbocycles. The van der Waals surface area contributed by atoms with Gasteiger partial charge in [-0.15, -0.1) is 48.9 Å². The van der Waals surface area contributed by atoms with E-state index >= 15 is 0 Å². The Morgan fingerprint density at radius 3 is 1.11 bits per heavy atom. The van der Waals surface area contributed by atoms with Crippen LogP contribution in [0.1, 0.15) is 208 Å². The first-order valence-corrected chi connectivity index (χ1v) is 34.3. The summed E-state index contributed by atoms with van der Waals surface area (Å²) in [5, 5.41) is 42.9. The van der Waals surface area contributed by atoms with Crippen molar-refractivity contribution < 1.29 is 188 Å². The van der Waals surface area contributed by atoms with Gasteiger partial charge in [0.2, 0.25) is 0 Å². The number of aliphatic carboxylic acids is 1. The molecule has 0 heterocycles. The molecule has 0 saturated carbocycles. The fourth-order valence-corrected chi connectivity index (χ4v) is 8.30. The smallest absolute Gasteiger partial charge is 0.870 e. The number of ketones is 2. The van der Waals surface area contributed by atoms with Crippen LogP contribution in [-0.2, 0) is 14.1 Å². The monoisotopic (exact) mass is 1450 g/mol. The van der Waals surface area contributed by atoms with E-state index in [1.54, 1.807) is 30.3 Å². The molecule has 14 nitrogen and oxygen atoms in total. The van der Waals surface area contributed by atoms with E-state index in [9.17, 15) is 14.4 Å². The quantitative estimate of drug-likeness (QED) is 0.00624. The number of hydrogen-bond acceptors (Lipinski definition) is 12.